The van der Waals surface area contributed by atoms with Crippen LogP contribution in [0.2, 0.25) is 0 Å². The number of nitrogens with zero attached hydrogens (tertiary/aromatic N) is 4. The molecule has 0 bridgehead atoms. The van der Waals surface area contributed by atoms with Gasteiger partial charge < -0.3 is 14.2 Å². The second-order valence-electron chi connectivity index (χ2n) is 6.70. The molecule has 1 atom stereocenters. The molecule has 22 heavy (non-hydrogen) atoms. The first kappa shape index (κ1) is 16.7. The summed E-state index contributed by atoms with van der Waals surface area (Å²) in [5.41, 5.74) is -0.461. The van der Waals surface area contributed by atoms with E-state index in [1.54, 1.807) is 4.90 Å². The molecule has 1 amide bonds. The Morgan fingerprint density at radius 2 is 2.14 bits per heavy atom. The minimum Gasteiger partial charge on any atom is -0.444 e. The van der Waals surface area contributed by atoms with E-state index in [1.807, 2.05) is 27.7 Å². The van der Waals surface area contributed by atoms with Gasteiger partial charge in [0.05, 0.1) is 6.54 Å². The van der Waals surface area contributed by atoms with Crippen LogP contribution in [0.5, 0.6) is 0 Å². The number of aryl methyl sites for hydroxylation is 1. The highest BCUT2D eigenvalue weighted by Crippen LogP contribution is 2.16. The third-order valence-electron chi connectivity index (χ3n) is 3.58. The number of piperazine rings is 1. The fraction of sp³-hybridized carbons (Fsp3) is 0.800. The van der Waals surface area contributed by atoms with Gasteiger partial charge in [-0.25, -0.2) is 4.79 Å². The summed E-state index contributed by atoms with van der Waals surface area (Å²) < 4.78 is 10.7. The summed E-state index contributed by atoms with van der Waals surface area (Å²) in [7, 11) is 0. The van der Waals surface area contributed by atoms with Crippen molar-refractivity contribution in [3.05, 3.63) is 11.7 Å². The fourth-order valence-electron chi connectivity index (χ4n) is 2.39. The molecule has 0 spiro atoms. The number of carbonyl (C=O) groups is 1. The van der Waals surface area contributed by atoms with E-state index in [4.69, 9.17) is 9.26 Å². The van der Waals surface area contributed by atoms with Gasteiger partial charge in [-0.3, -0.25) is 4.90 Å². The van der Waals surface area contributed by atoms with Gasteiger partial charge in [0.25, 0.3) is 0 Å². The maximum atomic E-state index is 12.1. The first-order chi connectivity index (χ1) is 10.3. The average molecular weight is 310 g/mol. The number of ether oxygens (including phenoxy) is 1. The monoisotopic (exact) mass is 310 g/mol. The van der Waals surface area contributed by atoms with Crippen molar-refractivity contribution in [3.8, 4) is 0 Å². The summed E-state index contributed by atoms with van der Waals surface area (Å²) in [5, 5.41) is 3.91. The molecule has 7 nitrogen and oxygen atoms in total. The first-order valence-corrected chi connectivity index (χ1v) is 7.82. The Kier molecular flexibility index (Phi) is 5.05. The molecular weight excluding hydrogens is 284 g/mol. The molecule has 0 unspecified atom stereocenters. The number of rotatable bonds is 3. The van der Waals surface area contributed by atoms with Crippen molar-refractivity contribution in [3.63, 3.8) is 0 Å². The summed E-state index contributed by atoms with van der Waals surface area (Å²) >= 11 is 0. The SMILES string of the molecule is CCc1noc(CN2CCN(C(=O)OC(C)(C)C)C[C@H]2C)n1. The van der Waals surface area contributed by atoms with E-state index >= 15 is 0 Å². The lowest BCUT2D eigenvalue weighted by Crippen LogP contribution is -2.54. The minimum absolute atomic E-state index is 0.221. The standard InChI is InChI=1S/C15H26N4O3/c1-6-12-16-13(22-17-12)10-18-7-8-19(9-11(18)2)14(20)21-15(3,4)5/h11H,6-10H2,1-5H3/t11-/m1/s1. The maximum absolute atomic E-state index is 12.1. The van der Waals surface area contributed by atoms with Gasteiger partial charge >= 0.3 is 6.09 Å². The van der Waals surface area contributed by atoms with Gasteiger partial charge in [-0.15, -0.1) is 0 Å². The second kappa shape index (κ2) is 6.64. The summed E-state index contributed by atoms with van der Waals surface area (Å²) in [6, 6.07) is 0.221. The molecule has 0 saturated carbocycles. The molecule has 2 heterocycles. The van der Waals surface area contributed by atoms with E-state index < -0.39 is 5.60 Å². The van der Waals surface area contributed by atoms with Crippen molar-refractivity contribution >= 4 is 6.09 Å². The van der Waals surface area contributed by atoms with Crippen LogP contribution in [0.4, 0.5) is 4.79 Å². The Bertz CT molecular complexity index is 509. The molecule has 1 fully saturated rings. The Balaban J connectivity index is 1.88. The van der Waals surface area contributed by atoms with Gasteiger partial charge in [-0.1, -0.05) is 12.1 Å². The number of aromatic nitrogens is 2. The molecule has 7 heteroatoms. The molecule has 1 aromatic rings. The lowest BCUT2D eigenvalue weighted by Gasteiger charge is -2.39. The lowest BCUT2D eigenvalue weighted by molar-refractivity contribution is 0.00327. The van der Waals surface area contributed by atoms with Crippen LogP contribution in [0.3, 0.4) is 0 Å². The predicted octanol–water partition coefficient (Wildman–Crippen LogP) is 2.07. The van der Waals surface area contributed by atoms with E-state index in [1.165, 1.54) is 0 Å². The minimum atomic E-state index is -0.461. The van der Waals surface area contributed by atoms with Crippen LogP contribution >= 0.6 is 0 Å². The number of hydrogen-bond acceptors (Lipinski definition) is 6. The molecule has 0 aliphatic carbocycles. The molecule has 1 aliphatic rings. The Morgan fingerprint density at radius 3 is 2.68 bits per heavy atom. The normalized spacial score (nSPS) is 20.2. The molecular formula is C15H26N4O3. The van der Waals surface area contributed by atoms with Gasteiger partial charge in [0.1, 0.15) is 5.60 Å². The van der Waals surface area contributed by atoms with Crippen LogP contribution in [0.25, 0.3) is 0 Å². The van der Waals surface area contributed by atoms with Crippen molar-refractivity contribution in [2.75, 3.05) is 19.6 Å². The first-order valence-electron chi connectivity index (χ1n) is 7.82. The van der Waals surface area contributed by atoms with Crippen LogP contribution in [-0.4, -0.2) is 57.3 Å². The zero-order valence-corrected chi connectivity index (χ0v) is 14.1. The number of amides is 1. The maximum Gasteiger partial charge on any atom is 0.410 e. The molecule has 0 radical (unpaired) electrons. The van der Waals surface area contributed by atoms with Crippen LogP contribution < -0.4 is 0 Å². The Hall–Kier alpha value is -1.63. The van der Waals surface area contributed by atoms with Crippen LogP contribution in [-0.2, 0) is 17.7 Å². The molecule has 0 aromatic carbocycles. The van der Waals surface area contributed by atoms with E-state index in [2.05, 4.69) is 22.0 Å². The zero-order valence-electron chi connectivity index (χ0n) is 14.1. The van der Waals surface area contributed by atoms with Crippen molar-refractivity contribution in [1.29, 1.82) is 0 Å². The van der Waals surface area contributed by atoms with Gasteiger partial charge in [-0.05, 0) is 27.7 Å². The average Bonchev–Trinajstić information content (AvgIpc) is 2.87. The number of hydrogen-bond donors (Lipinski definition) is 0. The highest BCUT2D eigenvalue weighted by molar-refractivity contribution is 5.68. The van der Waals surface area contributed by atoms with Crippen LogP contribution in [0.1, 0.15) is 46.3 Å². The van der Waals surface area contributed by atoms with Crippen molar-refractivity contribution in [2.45, 2.75) is 59.2 Å². The summed E-state index contributed by atoms with van der Waals surface area (Å²) in [6.07, 6.45) is 0.524. The molecule has 2 rings (SSSR count). The fourth-order valence-corrected chi connectivity index (χ4v) is 2.39. The molecule has 124 valence electrons. The quantitative estimate of drug-likeness (QED) is 0.851. The zero-order chi connectivity index (χ0) is 16.3. The van der Waals surface area contributed by atoms with Gasteiger partial charge in [0.15, 0.2) is 5.82 Å². The highest BCUT2D eigenvalue weighted by Gasteiger charge is 2.30. The highest BCUT2D eigenvalue weighted by atomic mass is 16.6. The molecule has 1 aromatic heterocycles. The number of carbonyl (C=O) groups excluding carboxylic acids is 1. The summed E-state index contributed by atoms with van der Waals surface area (Å²) in [5.74, 6) is 1.37. The Morgan fingerprint density at radius 1 is 1.41 bits per heavy atom. The Labute approximate surface area is 131 Å². The second-order valence-corrected chi connectivity index (χ2v) is 6.70. The predicted molar refractivity (Wildman–Crippen MR) is 81.4 cm³/mol. The molecule has 1 aliphatic heterocycles. The van der Waals surface area contributed by atoms with Crippen molar-refractivity contribution in [1.82, 2.24) is 19.9 Å². The largest absolute Gasteiger partial charge is 0.444 e. The lowest BCUT2D eigenvalue weighted by atomic mass is 10.2. The van der Waals surface area contributed by atoms with E-state index in [0.29, 0.717) is 25.5 Å². The van der Waals surface area contributed by atoms with Gasteiger partial charge in [-0.2, -0.15) is 4.98 Å². The topological polar surface area (TPSA) is 71.7 Å². The van der Waals surface area contributed by atoms with Crippen LogP contribution in [0.15, 0.2) is 4.52 Å². The van der Waals surface area contributed by atoms with Crippen molar-refractivity contribution in [2.24, 2.45) is 0 Å². The third-order valence-corrected chi connectivity index (χ3v) is 3.58. The molecule has 0 N–H and O–H groups in total. The van der Waals surface area contributed by atoms with E-state index in [9.17, 15) is 4.79 Å². The summed E-state index contributed by atoms with van der Waals surface area (Å²) in [4.78, 5) is 20.5. The van der Waals surface area contributed by atoms with Crippen molar-refractivity contribution < 1.29 is 14.1 Å². The van der Waals surface area contributed by atoms with Crippen LogP contribution in [0, 0.1) is 0 Å². The third kappa shape index (κ3) is 4.43. The molecule has 1 saturated heterocycles. The smallest absolute Gasteiger partial charge is 0.410 e. The van der Waals surface area contributed by atoms with E-state index in [0.717, 1.165) is 18.8 Å². The van der Waals surface area contributed by atoms with Gasteiger partial charge in [0, 0.05) is 32.1 Å². The van der Waals surface area contributed by atoms with E-state index in [-0.39, 0.29) is 12.1 Å². The summed E-state index contributed by atoms with van der Waals surface area (Å²) in [6.45, 7) is 12.4. The van der Waals surface area contributed by atoms with Gasteiger partial charge in [0.2, 0.25) is 5.89 Å².